The highest BCUT2D eigenvalue weighted by molar-refractivity contribution is 5.92. The van der Waals surface area contributed by atoms with Crippen LogP contribution in [-0.4, -0.2) is 53.2 Å². The second kappa shape index (κ2) is 7.46. The Morgan fingerprint density at radius 2 is 1.80 bits per heavy atom. The van der Waals surface area contributed by atoms with Crippen molar-refractivity contribution >= 4 is 17.4 Å². The molecule has 1 aliphatic heterocycles. The van der Waals surface area contributed by atoms with Crippen LogP contribution in [0.3, 0.4) is 0 Å². The first-order valence-corrected chi connectivity index (χ1v) is 8.43. The number of carbonyl (C=O) groups is 1. The van der Waals surface area contributed by atoms with Gasteiger partial charge < -0.3 is 15.1 Å². The summed E-state index contributed by atoms with van der Waals surface area (Å²) in [7, 11) is 0. The summed E-state index contributed by atoms with van der Waals surface area (Å²) in [6, 6.07) is 10.4. The zero-order chi connectivity index (χ0) is 17.8. The van der Waals surface area contributed by atoms with Gasteiger partial charge in [0.1, 0.15) is 11.6 Å². The quantitative estimate of drug-likeness (QED) is 0.924. The lowest BCUT2D eigenvalue weighted by Crippen LogP contribution is -2.49. The van der Waals surface area contributed by atoms with Gasteiger partial charge in [0, 0.05) is 32.2 Å². The Balaban J connectivity index is 1.61. The fourth-order valence-electron chi connectivity index (χ4n) is 2.84. The molecule has 0 saturated carbocycles. The number of halogens is 1. The fraction of sp³-hybridized carbons (Fsp3) is 0.389. The van der Waals surface area contributed by atoms with E-state index in [-0.39, 0.29) is 17.8 Å². The molecule has 7 heteroatoms. The summed E-state index contributed by atoms with van der Waals surface area (Å²) in [5, 5.41) is 11.2. The number of benzene rings is 1. The third-order valence-corrected chi connectivity index (χ3v) is 4.08. The summed E-state index contributed by atoms with van der Waals surface area (Å²) in [5.41, 5.74) is 0.909. The van der Waals surface area contributed by atoms with E-state index >= 15 is 0 Å². The van der Waals surface area contributed by atoms with Gasteiger partial charge >= 0.3 is 0 Å². The number of hydrogen-bond acceptors (Lipinski definition) is 5. The van der Waals surface area contributed by atoms with Crippen LogP contribution < -0.4 is 10.2 Å². The molecule has 2 aromatic rings. The SMILES string of the molecule is CC(C)Nc1ccc(C(=O)N2CCN(c3ccccc3F)CC2)nn1. The van der Waals surface area contributed by atoms with Crippen LogP contribution in [0.2, 0.25) is 0 Å². The highest BCUT2D eigenvalue weighted by Gasteiger charge is 2.24. The lowest BCUT2D eigenvalue weighted by atomic mass is 10.2. The molecule has 0 unspecified atom stereocenters. The van der Waals surface area contributed by atoms with Crippen LogP contribution in [-0.2, 0) is 0 Å². The molecule has 0 bridgehead atoms. The molecule has 0 radical (unpaired) electrons. The van der Waals surface area contributed by atoms with Gasteiger partial charge in [0.25, 0.3) is 5.91 Å². The Morgan fingerprint density at radius 1 is 1.08 bits per heavy atom. The Bertz CT molecular complexity index is 727. The van der Waals surface area contributed by atoms with E-state index in [1.807, 2.05) is 24.8 Å². The standard InChI is InChI=1S/C18H22FN5O/c1-13(2)20-17-8-7-15(21-22-17)18(25)24-11-9-23(10-12-24)16-6-4-3-5-14(16)19/h3-8,13H,9-12H2,1-2H3,(H,20,22). The largest absolute Gasteiger partial charge is 0.366 e. The Hall–Kier alpha value is -2.70. The molecule has 0 atom stereocenters. The number of nitrogens with one attached hydrogen (secondary N) is 1. The second-order valence-electron chi connectivity index (χ2n) is 6.33. The molecule has 1 amide bonds. The second-order valence-corrected chi connectivity index (χ2v) is 6.33. The van der Waals surface area contributed by atoms with Crippen molar-refractivity contribution in [2.45, 2.75) is 19.9 Å². The molecule has 25 heavy (non-hydrogen) atoms. The van der Waals surface area contributed by atoms with Crippen molar-refractivity contribution in [1.82, 2.24) is 15.1 Å². The molecule has 0 aliphatic carbocycles. The van der Waals surface area contributed by atoms with Crippen LogP contribution in [0.5, 0.6) is 0 Å². The number of piperazine rings is 1. The maximum absolute atomic E-state index is 13.9. The highest BCUT2D eigenvalue weighted by atomic mass is 19.1. The van der Waals surface area contributed by atoms with Gasteiger partial charge in [-0.25, -0.2) is 4.39 Å². The molecule has 1 aromatic heterocycles. The fourth-order valence-corrected chi connectivity index (χ4v) is 2.84. The van der Waals surface area contributed by atoms with Gasteiger partial charge in [-0.05, 0) is 38.1 Å². The Kier molecular flexibility index (Phi) is 5.11. The predicted octanol–water partition coefficient (Wildman–Crippen LogP) is 2.40. The average molecular weight is 343 g/mol. The summed E-state index contributed by atoms with van der Waals surface area (Å²) in [4.78, 5) is 16.2. The van der Waals surface area contributed by atoms with Crippen LogP contribution in [0.25, 0.3) is 0 Å². The van der Waals surface area contributed by atoms with Gasteiger partial charge in [-0.3, -0.25) is 4.79 Å². The zero-order valence-electron chi connectivity index (χ0n) is 14.4. The van der Waals surface area contributed by atoms with Gasteiger partial charge in [0.05, 0.1) is 5.69 Å². The van der Waals surface area contributed by atoms with E-state index in [1.54, 1.807) is 29.2 Å². The smallest absolute Gasteiger partial charge is 0.274 e. The van der Waals surface area contributed by atoms with Crippen LogP contribution in [0, 0.1) is 5.82 Å². The van der Waals surface area contributed by atoms with Crippen LogP contribution >= 0.6 is 0 Å². The van der Waals surface area contributed by atoms with Crippen molar-refractivity contribution in [1.29, 1.82) is 0 Å². The zero-order valence-corrected chi connectivity index (χ0v) is 14.4. The number of amides is 1. The Labute approximate surface area is 146 Å². The molecule has 3 rings (SSSR count). The van der Waals surface area contributed by atoms with Crippen molar-refractivity contribution in [2.75, 3.05) is 36.4 Å². The summed E-state index contributed by atoms with van der Waals surface area (Å²) in [6.45, 7) is 6.26. The first-order valence-electron chi connectivity index (χ1n) is 8.43. The number of anilines is 2. The lowest BCUT2D eigenvalue weighted by Gasteiger charge is -2.36. The lowest BCUT2D eigenvalue weighted by molar-refractivity contribution is 0.0739. The van der Waals surface area contributed by atoms with Crippen molar-refractivity contribution in [2.24, 2.45) is 0 Å². The number of hydrogen-bond donors (Lipinski definition) is 1. The summed E-state index contributed by atoms with van der Waals surface area (Å²) in [6.07, 6.45) is 0. The molecule has 1 saturated heterocycles. The molecule has 1 aromatic carbocycles. The number of aromatic nitrogens is 2. The maximum Gasteiger partial charge on any atom is 0.274 e. The van der Waals surface area contributed by atoms with Crippen molar-refractivity contribution in [3.05, 3.63) is 47.9 Å². The minimum Gasteiger partial charge on any atom is -0.366 e. The normalized spacial score (nSPS) is 14.7. The third kappa shape index (κ3) is 4.04. The summed E-state index contributed by atoms with van der Waals surface area (Å²) in [5.74, 6) is 0.272. The third-order valence-electron chi connectivity index (χ3n) is 4.08. The molecule has 0 spiro atoms. The number of rotatable bonds is 4. The topological polar surface area (TPSA) is 61.4 Å². The number of nitrogens with zero attached hydrogens (tertiary/aromatic N) is 4. The van der Waals surface area contributed by atoms with Gasteiger partial charge in [0.15, 0.2) is 5.69 Å². The van der Waals surface area contributed by atoms with Gasteiger partial charge in [-0.1, -0.05) is 12.1 Å². The van der Waals surface area contributed by atoms with Crippen LogP contribution in [0.1, 0.15) is 24.3 Å². The first kappa shape index (κ1) is 17.1. The van der Waals surface area contributed by atoms with E-state index in [9.17, 15) is 9.18 Å². The number of carbonyl (C=O) groups excluding carboxylic acids is 1. The van der Waals surface area contributed by atoms with E-state index in [0.717, 1.165) is 0 Å². The molecule has 2 heterocycles. The van der Waals surface area contributed by atoms with E-state index < -0.39 is 0 Å². The van der Waals surface area contributed by atoms with Crippen LogP contribution in [0.4, 0.5) is 15.9 Å². The molecule has 1 fully saturated rings. The molecule has 1 N–H and O–H groups in total. The minimum atomic E-state index is -0.235. The summed E-state index contributed by atoms with van der Waals surface area (Å²) >= 11 is 0. The van der Waals surface area contributed by atoms with E-state index in [2.05, 4.69) is 15.5 Å². The van der Waals surface area contributed by atoms with Gasteiger partial charge in [-0.2, -0.15) is 0 Å². The highest BCUT2D eigenvalue weighted by Crippen LogP contribution is 2.20. The summed E-state index contributed by atoms with van der Waals surface area (Å²) < 4.78 is 13.9. The minimum absolute atomic E-state index is 0.142. The Morgan fingerprint density at radius 3 is 2.40 bits per heavy atom. The molecule has 1 aliphatic rings. The van der Waals surface area contributed by atoms with Crippen LogP contribution in [0.15, 0.2) is 36.4 Å². The molecular weight excluding hydrogens is 321 g/mol. The van der Waals surface area contributed by atoms with Crippen molar-refractivity contribution in [3.8, 4) is 0 Å². The molecule has 132 valence electrons. The van der Waals surface area contributed by atoms with E-state index in [4.69, 9.17) is 0 Å². The van der Waals surface area contributed by atoms with Crippen molar-refractivity contribution in [3.63, 3.8) is 0 Å². The van der Waals surface area contributed by atoms with Gasteiger partial charge in [-0.15, -0.1) is 10.2 Å². The van der Waals surface area contributed by atoms with E-state index in [0.29, 0.717) is 43.4 Å². The average Bonchev–Trinajstić information content (AvgIpc) is 2.62. The maximum atomic E-state index is 13.9. The predicted molar refractivity (Wildman–Crippen MR) is 95.3 cm³/mol. The van der Waals surface area contributed by atoms with E-state index in [1.165, 1.54) is 6.07 Å². The van der Waals surface area contributed by atoms with Gasteiger partial charge in [0.2, 0.25) is 0 Å². The molecule has 6 nitrogen and oxygen atoms in total. The number of para-hydroxylation sites is 1. The van der Waals surface area contributed by atoms with Crippen molar-refractivity contribution < 1.29 is 9.18 Å². The monoisotopic (exact) mass is 343 g/mol. The first-order chi connectivity index (χ1) is 12.0. The molecular formula is C18H22FN5O.